The van der Waals surface area contributed by atoms with Gasteiger partial charge in [-0.1, -0.05) is 12.8 Å². The molecule has 0 spiro atoms. The Hall–Kier alpha value is -1.02. The highest BCUT2D eigenvalue weighted by molar-refractivity contribution is 7.19. The molecule has 15 heavy (non-hydrogen) atoms. The maximum atomic E-state index is 9.41. The van der Waals surface area contributed by atoms with E-state index < -0.39 is 0 Å². The van der Waals surface area contributed by atoms with Crippen molar-refractivity contribution in [3.63, 3.8) is 0 Å². The van der Waals surface area contributed by atoms with E-state index in [2.05, 4.69) is 6.07 Å². The van der Waals surface area contributed by atoms with Gasteiger partial charge in [-0.2, -0.15) is 0 Å². The fourth-order valence-electron chi connectivity index (χ4n) is 2.45. The first-order valence-corrected chi connectivity index (χ1v) is 6.37. The fourth-order valence-corrected chi connectivity index (χ4v) is 3.72. The summed E-state index contributed by atoms with van der Waals surface area (Å²) in [5.74, 6) is 1.16. The minimum atomic E-state index is 0.377. The zero-order valence-corrected chi connectivity index (χ0v) is 9.39. The van der Waals surface area contributed by atoms with Crippen LogP contribution in [0.2, 0.25) is 0 Å². The van der Waals surface area contributed by atoms with E-state index in [0.29, 0.717) is 5.75 Å². The molecular weight excluding hydrogens is 204 g/mol. The maximum absolute atomic E-state index is 9.41. The summed E-state index contributed by atoms with van der Waals surface area (Å²) in [6.07, 6.45) is 5.45. The van der Waals surface area contributed by atoms with Crippen LogP contribution in [0.4, 0.5) is 0 Å². The van der Waals surface area contributed by atoms with Gasteiger partial charge in [-0.25, -0.2) is 0 Å². The first-order chi connectivity index (χ1) is 7.33. The Morgan fingerprint density at radius 2 is 1.93 bits per heavy atom. The largest absolute Gasteiger partial charge is 0.508 e. The normalized spacial score (nSPS) is 17.6. The fraction of sp³-hybridized carbons (Fsp3) is 0.385. The van der Waals surface area contributed by atoms with Crippen LogP contribution in [-0.4, -0.2) is 5.11 Å². The standard InChI is InChI=1S/C13H14OS/c14-11-6-5-10-7-12(15-13(10)8-11)9-3-1-2-4-9/h5-9,14H,1-4H2. The number of hydrogen-bond acceptors (Lipinski definition) is 2. The number of aromatic hydroxyl groups is 1. The molecule has 3 rings (SSSR count). The SMILES string of the molecule is Oc1ccc2cc(C3CCCC3)sc2c1. The Morgan fingerprint density at radius 3 is 2.73 bits per heavy atom. The van der Waals surface area contributed by atoms with Gasteiger partial charge in [-0.05, 0) is 48.4 Å². The van der Waals surface area contributed by atoms with Crippen LogP contribution >= 0.6 is 11.3 Å². The molecule has 1 aromatic carbocycles. The Morgan fingerprint density at radius 1 is 1.13 bits per heavy atom. The number of rotatable bonds is 1. The van der Waals surface area contributed by atoms with Crippen LogP contribution in [0, 0.1) is 0 Å². The van der Waals surface area contributed by atoms with Crippen LogP contribution < -0.4 is 0 Å². The van der Waals surface area contributed by atoms with Crippen LogP contribution in [0.25, 0.3) is 10.1 Å². The minimum Gasteiger partial charge on any atom is -0.508 e. The van der Waals surface area contributed by atoms with Crippen molar-refractivity contribution < 1.29 is 5.11 Å². The molecule has 2 aromatic rings. The Bertz CT molecular complexity index is 480. The molecule has 1 saturated carbocycles. The Kier molecular flexibility index (Phi) is 2.17. The quantitative estimate of drug-likeness (QED) is 0.758. The van der Waals surface area contributed by atoms with Crippen molar-refractivity contribution in [1.29, 1.82) is 0 Å². The topological polar surface area (TPSA) is 20.2 Å². The molecule has 0 aliphatic heterocycles. The molecule has 78 valence electrons. The molecule has 0 saturated heterocycles. The summed E-state index contributed by atoms with van der Waals surface area (Å²) in [6.45, 7) is 0. The van der Waals surface area contributed by atoms with E-state index in [4.69, 9.17) is 0 Å². The molecular formula is C13H14OS. The highest BCUT2D eigenvalue weighted by Gasteiger charge is 2.18. The van der Waals surface area contributed by atoms with Gasteiger partial charge < -0.3 is 5.11 Å². The van der Waals surface area contributed by atoms with Gasteiger partial charge in [0.2, 0.25) is 0 Å². The van der Waals surface area contributed by atoms with E-state index in [1.54, 1.807) is 6.07 Å². The second kappa shape index (κ2) is 3.53. The molecule has 0 radical (unpaired) electrons. The molecule has 0 bridgehead atoms. The third-order valence-electron chi connectivity index (χ3n) is 3.28. The average Bonchev–Trinajstić information content (AvgIpc) is 2.84. The smallest absolute Gasteiger partial charge is 0.117 e. The van der Waals surface area contributed by atoms with E-state index in [1.807, 2.05) is 23.5 Å². The predicted octanol–water partition coefficient (Wildman–Crippen LogP) is 4.26. The van der Waals surface area contributed by atoms with Crippen molar-refractivity contribution in [2.24, 2.45) is 0 Å². The van der Waals surface area contributed by atoms with Crippen LogP contribution in [0.1, 0.15) is 36.5 Å². The van der Waals surface area contributed by atoms with Crippen LogP contribution in [-0.2, 0) is 0 Å². The van der Waals surface area contributed by atoms with Crippen molar-refractivity contribution in [1.82, 2.24) is 0 Å². The number of phenols is 1. The predicted molar refractivity (Wildman–Crippen MR) is 64.7 cm³/mol. The van der Waals surface area contributed by atoms with E-state index in [0.717, 1.165) is 5.92 Å². The van der Waals surface area contributed by atoms with E-state index in [1.165, 1.54) is 40.6 Å². The van der Waals surface area contributed by atoms with Crippen LogP contribution in [0.5, 0.6) is 5.75 Å². The van der Waals surface area contributed by atoms with E-state index in [-0.39, 0.29) is 0 Å². The molecule has 1 nitrogen and oxygen atoms in total. The van der Waals surface area contributed by atoms with Crippen molar-refractivity contribution in [2.75, 3.05) is 0 Å². The van der Waals surface area contributed by atoms with Crippen molar-refractivity contribution in [3.05, 3.63) is 29.1 Å². The lowest BCUT2D eigenvalue weighted by Gasteiger charge is -2.03. The van der Waals surface area contributed by atoms with Gasteiger partial charge in [0.15, 0.2) is 0 Å². The molecule has 1 fully saturated rings. The number of fused-ring (bicyclic) bond motifs is 1. The monoisotopic (exact) mass is 218 g/mol. The van der Waals surface area contributed by atoms with Gasteiger partial charge in [-0.3, -0.25) is 0 Å². The highest BCUT2D eigenvalue weighted by Crippen LogP contribution is 2.40. The molecule has 2 heteroatoms. The van der Waals surface area contributed by atoms with Gasteiger partial charge in [0.25, 0.3) is 0 Å². The van der Waals surface area contributed by atoms with Crippen LogP contribution in [0.3, 0.4) is 0 Å². The first-order valence-electron chi connectivity index (χ1n) is 5.55. The van der Waals surface area contributed by atoms with Gasteiger partial charge in [0, 0.05) is 9.58 Å². The third-order valence-corrected chi connectivity index (χ3v) is 4.54. The summed E-state index contributed by atoms with van der Waals surface area (Å²) < 4.78 is 1.22. The summed E-state index contributed by atoms with van der Waals surface area (Å²) in [4.78, 5) is 1.51. The summed E-state index contributed by atoms with van der Waals surface area (Å²) >= 11 is 1.85. The lowest BCUT2D eigenvalue weighted by atomic mass is 10.1. The van der Waals surface area contributed by atoms with Gasteiger partial charge in [0.05, 0.1) is 0 Å². The lowest BCUT2D eigenvalue weighted by Crippen LogP contribution is -1.85. The van der Waals surface area contributed by atoms with Gasteiger partial charge >= 0.3 is 0 Å². The summed E-state index contributed by atoms with van der Waals surface area (Å²) in [5, 5.41) is 10.7. The van der Waals surface area contributed by atoms with Crippen molar-refractivity contribution >= 4 is 21.4 Å². The second-order valence-corrected chi connectivity index (χ2v) is 5.47. The molecule has 1 aromatic heterocycles. The molecule has 0 atom stereocenters. The molecule has 1 aliphatic rings. The van der Waals surface area contributed by atoms with Crippen LogP contribution in [0.15, 0.2) is 24.3 Å². The molecule has 1 N–H and O–H groups in total. The van der Waals surface area contributed by atoms with E-state index >= 15 is 0 Å². The van der Waals surface area contributed by atoms with Gasteiger partial charge in [0.1, 0.15) is 5.75 Å². The minimum absolute atomic E-state index is 0.377. The number of thiophene rings is 1. The van der Waals surface area contributed by atoms with Crippen molar-refractivity contribution in [2.45, 2.75) is 31.6 Å². The van der Waals surface area contributed by atoms with Gasteiger partial charge in [-0.15, -0.1) is 11.3 Å². The first kappa shape index (κ1) is 9.22. The molecule has 1 heterocycles. The Labute approximate surface area is 93.4 Å². The number of phenolic OH excluding ortho intramolecular Hbond substituents is 1. The molecule has 1 aliphatic carbocycles. The molecule has 0 unspecified atom stereocenters. The number of hydrogen-bond donors (Lipinski definition) is 1. The zero-order valence-electron chi connectivity index (χ0n) is 8.57. The zero-order chi connectivity index (χ0) is 10.3. The average molecular weight is 218 g/mol. The van der Waals surface area contributed by atoms with Crippen molar-refractivity contribution in [3.8, 4) is 5.75 Å². The summed E-state index contributed by atoms with van der Waals surface area (Å²) in [7, 11) is 0. The summed E-state index contributed by atoms with van der Waals surface area (Å²) in [5.41, 5.74) is 0. The lowest BCUT2D eigenvalue weighted by molar-refractivity contribution is 0.476. The highest BCUT2D eigenvalue weighted by atomic mass is 32.1. The third kappa shape index (κ3) is 1.63. The number of benzene rings is 1. The second-order valence-electron chi connectivity index (χ2n) is 4.35. The van der Waals surface area contributed by atoms with E-state index in [9.17, 15) is 5.11 Å². The molecule has 0 amide bonds. The summed E-state index contributed by atoms with van der Waals surface area (Å²) in [6, 6.07) is 7.96. The Balaban J connectivity index is 2.05. The maximum Gasteiger partial charge on any atom is 0.117 e.